The maximum atomic E-state index is 3.33. The summed E-state index contributed by atoms with van der Waals surface area (Å²) in [6.07, 6.45) is 3.41. The fourth-order valence-corrected chi connectivity index (χ4v) is 2.93. The molecule has 2 unspecified atom stereocenters. The van der Waals surface area contributed by atoms with Crippen LogP contribution in [0.1, 0.15) is 56.2 Å². The van der Waals surface area contributed by atoms with E-state index in [0.717, 1.165) is 6.42 Å². The van der Waals surface area contributed by atoms with E-state index in [9.17, 15) is 0 Å². The Balaban J connectivity index is 2.67. The van der Waals surface area contributed by atoms with Crippen LogP contribution < -0.4 is 0 Å². The van der Waals surface area contributed by atoms with E-state index in [2.05, 4.69) is 51.7 Å². The van der Waals surface area contributed by atoms with E-state index in [1.807, 2.05) is 11.3 Å². The van der Waals surface area contributed by atoms with Gasteiger partial charge in [-0.3, -0.25) is 0 Å². The van der Waals surface area contributed by atoms with Crippen molar-refractivity contribution in [3.05, 3.63) is 21.9 Å². The molecule has 1 heterocycles. The highest BCUT2D eigenvalue weighted by Gasteiger charge is 2.14. The van der Waals surface area contributed by atoms with Crippen LogP contribution in [0.2, 0.25) is 0 Å². The summed E-state index contributed by atoms with van der Waals surface area (Å²) in [5.41, 5.74) is 0. The van der Waals surface area contributed by atoms with Gasteiger partial charge < -0.3 is 0 Å². The molecule has 0 aliphatic heterocycles. The van der Waals surface area contributed by atoms with Crippen LogP contribution in [0.25, 0.3) is 0 Å². The van der Waals surface area contributed by atoms with Crippen molar-refractivity contribution in [3.8, 4) is 11.8 Å². The normalized spacial score (nSPS) is 14.0. The van der Waals surface area contributed by atoms with Crippen molar-refractivity contribution in [3.63, 3.8) is 0 Å². The van der Waals surface area contributed by atoms with Crippen molar-refractivity contribution in [1.29, 1.82) is 0 Å². The number of aryl methyl sites for hydroxylation is 1. The van der Waals surface area contributed by atoms with Gasteiger partial charge in [0.2, 0.25) is 0 Å². The van der Waals surface area contributed by atoms with Crippen molar-refractivity contribution in [2.75, 3.05) is 0 Å². The Labute approximate surface area is 104 Å². The summed E-state index contributed by atoms with van der Waals surface area (Å²) in [4.78, 5) is 3.00. The molecule has 16 heavy (non-hydrogen) atoms. The van der Waals surface area contributed by atoms with Crippen LogP contribution in [0.5, 0.6) is 0 Å². The highest BCUT2D eigenvalue weighted by molar-refractivity contribution is 7.12. The zero-order chi connectivity index (χ0) is 12.0. The SMILES string of the molecule is CCC#CC(C)C(C)c1ccc(CCC)s1. The van der Waals surface area contributed by atoms with E-state index in [1.165, 1.54) is 22.6 Å². The summed E-state index contributed by atoms with van der Waals surface area (Å²) < 4.78 is 0. The standard InChI is InChI=1S/C15H22S/c1-5-7-9-12(3)13(4)15-11-10-14(16-15)8-6-2/h10-13H,5-6,8H2,1-4H3. The van der Waals surface area contributed by atoms with Gasteiger partial charge in [0.25, 0.3) is 0 Å². The average Bonchev–Trinajstić information content (AvgIpc) is 2.74. The Morgan fingerprint density at radius 2 is 2.00 bits per heavy atom. The topological polar surface area (TPSA) is 0 Å². The molecule has 0 radical (unpaired) electrons. The Hall–Kier alpha value is -0.740. The highest BCUT2D eigenvalue weighted by Crippen LogP contribution is 2.30. The lowest BCUT2D eigenvalue weighted by molar-refractivity contribution is 0.619. The van der Waals surface area contributed by atoms with Crippen LogP contribution in [0.3, 0.4) is 0 Å². The van der Waals surface area contributed by atoms with E-state index in [-0.39, 0.29) is 0 Å². The van der Waals surface area contributed by atoms with Crippen molar-refractivity contribution in [1.82, 2.24) is 0 Å². The molecule has 0 aromatic carbocycles. The van der Waals surface area contributed by atoms with Crippen LogP contribution >= 0.6 is 11.3 Å². The first-order valence-electron chi connectivity index (χ1n) is 6.26. The third kappa shape index (κ3) is 3.68. The van der Waals surface area contributed by atoms with E-state index in [1.54, 1.807) is 0 Å². The van der Waals surface area contributed by atoms with Gasteiger partial charge in [-0.05, 0) is 18.6 Å². The summed E-state index contributed by atoms with van der Waals surface area (Å²) in [5.74, 6) is 7.54. The largest absolute Gasteiger partial charge is 0.145 e. The van der Waals surface area contributed by atoms with Crippen LogP contribution in [0.4, 0.5) is 0 Å². The van der Waals surface area contributed by atoms with E-state index < -0.39 is 0 Å². The quantitative estimate of drug-likeness (QED) is 0.653. The lowest BCUT2D eigenvalue weighted by atomic mass is 9.95. The molecule has 0 nitrogen and oxygen atoms in total. The fourth-order valence-electron chi connectivity index (χ4n) is 1.65. The molecule has 88 valence electrons. The molecule has 0 saturated heterocycles. The van der Waals surface area contributed by atoms with Gasteiger partial charge in [0.1, 0.15) is 0 Å². The predicted octanol–water partition coefficient (Wildman–Crippen LogP) is 4.85. The molecule has 0 aliphatic carbocycles. The Kier molecular flexibility index (Phi) is 5.63. The molecule has 0 fully saturated rings. The molecule has 0 aliphatic rings. The molecule has 0 N–H and O–H groups in total. The number of hydrogen-bond acceptors (Lipinski definition) is 1. The second-order valence-corrected chi connectivity index (χ2v) is 5.51. The molecule has 2 atom stereocenters. The van der Waals surface area contributed by atoms with Crippen molar-refractivity contribution < 1.29 is 0 Å². The van der Waals surface area contributed by atoms with E-state index in [4.69, 9.17) is 0 Å². The first-order valence-corrected chi connectivity index (χ1v) is 7.07. The predicted molar refractivity (Wildman–Crippen MR) is 74.0 cm³/mol. The Bertz CT molecular complexity index is 364. The summed E-state index contributed by atoms with van der Waals surface area (Å²) in [6, 6.07) is 4.56. The smallest absolute Gasteiger partial charge is 0.0248 e. The summed E-state index contributed by atoms with van der Waals surface area (Å²) in [6.45, 7) is 8.86. The second kappa shape index (κ2) is 6.76. The summed E-state index contributed by atoms with van der Waals surface area (Å²) in [5, 5.41) is 0. The van der Waals surface area contributed by atoms with Gasteiger partial charge in [-0.1, -0.05) is 40.0 Å². The van der Waals surface area contributed by atoms with Crippen molar-refractivity contribution in [2.24, 2.45) is 5.92 Å². The highest BCUT2D eigenvalue weighted by atomic mass is 32.1. The Morgan fingerprint density at radius 1 is 1.25 bits per heavy atom. The summed E-state index contributed by atoms with van der Waals surface area (Å²) in [7, 11) is 0. The number of thiophene rings is 1. The second-order valence-electron chi connectivity index (χ2n) is 4.31. The van der Waals surface area contributed by atoms with Gasteiger partial charge >= 0.3 is 0 Å². The first-order chi connectivity index (χ1) is 7.69. The molecule has 0 spiro atoms. The van der Waals surface area contributed by atoms with Crippen molar-refractivity contribution >= 4 is 11.3 Å². The van der Waals surface area contributed by atoms with Gasteiger partial charge in [-0.25, -0.2) is 0 Å². The van der Waals surface area contributed by atoms with Crippen molar-refractivity contribution in [2.45, 2.75) is 52.9 Å². The number of rotatable bonds is 4. The molecular formula is C15H22S. The van der Waals surface area contributed by atoms with Gasteiger partial charge in [-0.2, -0.15) is 0 Å². The minimum absolute atomic E-state index is 0.466. The summed E-state index contributed by atoms with van der Waals surface area (Å²) >= 11 is 1.96. The van der Waals surface area contributed by atoms with Gasteiger partial charge in [0, 0.05) is 28.0 Å². The third-order valence-electron chi connectivity index (χ3n) is 2.88. The number of hydrogen-bond donors (Lipinski definition) is 0. The molecule has 0 bridgehead atoms. The molecule has 1 aromatic heterocycles. The fraction of sp³-hybridized carbons (Fsp3) is 0.600. The van der Waals surface area contributed by atoms with E-state index >= 15 is 0 Å². The van der Waals surface area contributed by atoms with Crippen LogP contribution in [-0.4, -0.2) is 0 Å². The minimum atomic E-state index is 0.466. The third-order valence-corrected chi connectivity index (χ3v) is 4.23. The van der Waals surface area contributed by atoms with Gasteiger partial charge in [0.05, 0.1) is 0 Å². The lowest BCUT2D eigenvalue weighted by Crippen LogP contribution is -2.01. The molecule has 0 amide bonds. The average molecular weight is 234 g/mol. The molecule has 0 saturated carbocycles. The molecule has 1 heteroatoms. The lowest BCUT2D eigenvalue weighted by Gasteiger charge is -2.12. The van der Waals surface area contributed by atoms with Gasteiger partial charge in [0.15, 0.2) is 0 Å². The zero-order valence-electron chi connectivity index (χ0n) is 10.8. The van der Waals surface area contributed by atoms with Crippen LogP contribution in [0, 0.1) is 17.8 Å². The molecule has 1 aromatic rings. The molecular weight excluding hydrogens is 212 g/mol. The Morgan fingerprint density at radius 3 is 2.62 bits per heavy atom. The van der Waals surface area contributed by atoms with E-state index in [0.29, 0.717) is 11.8 Å². The maximum absolute atomic E-state index is 3.33. The maximum Gasteiger partial charge on any atom is 0.0248 e. The van der Waals surface area contributed by atoms with Crippen LogP contribution in [0.15, 0.2) is 12.1 Å². The zero-order valence-corrected chi connectivity index (χ0v) is 11.7. The monoisotopic (exact) mass is 234 g/mol. The minimum Gasteiger partial charge on any atom is -0.145 e. The first kappa shape index (κ1) is 13.3. The molecule has 1 rings (SSSR count). The van der Waals surface area contributed by atoms with Gasteiger partial charge in [-0.15, -0.1) is 17.3 Å². The van der Waals surface area contributed by atoms with Crippen LogP contribution in [-0.2, 0) is 6.42 Å².